The molecule has 0 N–H and O–H groups in total. The van der Waals surface area contributed by atoms with Crippen LogP contribution < -0.4 is 10.4 Å². The zero-order chi connectivity index (χ0) is 15.7. The van der Waals surface area contributed by atoms with Crippen molar-refractivity contribution in [1.82, 2.24) is 9.97 Å². The minimum absolute atomic E-state index is 0.0837. The second-order valence-corrected chi connectivity index (χ2v) is 4.01. The maximum absolute atomic E-state index is 9.11. The number of fused-ring (bicyclic) bond motifs is 2. The van der Waals surface area contributed by atoms with Crippen LogP contribution >= 0.6 is 0 Å². The van der Waals surface area contributed by atoms with Gasteiger partial charge in [0, 0.05) is 0 Å². The molecule has 3 aromatic rings. The minimum Gasteiger partial charge on any atom is -0.443 e. The second-order valence-electron chi connectivity index (χ2n) is 4.01. The number of nitrogens with zero attached hydrogens (tertiary/aromatic N) is 6. The molecule has 22 heavy (non-hydrogen) atoms. The van der Waals surface area contributed by atoms with Gasteiger partial charge >= 0.3 is 0 Å². The van der Waals surface area contributed by atoms with Gasteiger partial charge in [-0.15, -0.1) is 0 Å². The lowest BCUT2D eigenvalue weighted by atomic mass is 10.1. The number of rotatable bonds is 0. The van der Waals surface area contributed by atoms with Crippen LogP contribution in [-0.4, -0.2) is 9.97 Å². The molecular weight excluding hydrogens is 284 g/mol. The van der Waals surface area contributed by atoms with Gasteiger partial charge in [0.1, 0.15) is 46.5 Å². The van der Waals surface area contributed by atoms with Crippen molar-refractivity contribution in [3.63, 3.8) is 0 Å². The lowest BCUT2D eigenvalue weighted by Gasteiger charge is -1.95. The molecule has 2 heterocycles. The highest BCUT2D eigenvalue weighted by Gasteiger charge is 2.18. The van der Waals surface area contributed by atoms with Crippen molar-refractivity contribution in [2.75, 3.05) is 0 Å². The number of hydrogen-bond donors (Lipinski definition) is 0. The van der Waals surface area contributed by atoms with Crippen molar-refractivity contribution in [3.05, 3.63) is 23.2 Å². The summed E-state index contributed by atoms with van der Waals surface area (Å²) in [6, 6.07) is 7.03. The summed E-state index contributed by atoms with van der Waals surface area (Å²) >= 11 is 0. The van der Waals surface area contributed by atoms with E-state index in [1.54, 1.807) is 24.3 Å². The average molecular weight is 286 g/mol. The normalized spacial score (nSPS) is 9.64. The highest BCUT2D eigenvalue weighted by molar-refractivity contribution is 5.99. The van der Waals surface area contributed by atoms with E-state index in [0.717, 1.165) is 12.8 Å². The van der Waals surface area contributed by atoms with Crippen molar-refractivity contribution in [1.29, 1.82) is 21.0 Å². The molecule has 0 saturated carbocycles. The van der Waals surface area contributed by atoms with Gasteiger partial charge in [-0.2, -0.15) is 21.0 Å². The molecule has 100 valence electrons. The topological polar surface area (TPSA) is 147 Å². The maximum Gasteiger partial charge on any atom is 0.182 e. The fourth-order valence-corrected chi connectivity index (χ4v) is 2.16. The monoisotopic (exact) mass is 286 g/mol. The average Bonchev–Trinajstić information content (AvgIpc) is 3.19. The molecule has 0 fully saturated rings. The van der Waals surface area contributed by atoms with Gasteiger partial charge in [-0.05, 0) is 0 Å². The van der Waals surface area contributed by atoms with E-state index in [1.165, 1.54) is 0 Å². The van der Waals surface area contributed by atoms with E-state index in [0.29, 0.717) is 0 Å². The predicted octanol–water partition coefficient (Wildman–Crippen LogP) is 0.365. The van der Waals surface area contributed by atoms with Crippen molar-refractivity contribution in [2.45, 2.75) is 0 Å². The fraction of sp³-hybridized carbons (Fsp3) is 0. The van der Waals surface area contributed by atoms with Gasteiger partial charge in [0.25, 0.3) is 0 Å². The number of benzene rings is 1. The molecule has 0 unspecified atom stereocenters. The standard InChI is InChI=1S/C14H2N6O2/c15-1-7(2-16)9-11-13(21-5-19-11)10(8(3-17)4-18)14-12(9)20-6-22-14/h5-6H. The van der Waals surface area contributed by atoms with Gasteiger partial charge in [-0.1, -0.05) is 0 Å². The lowest BCUT2D eigenvalue weighted by molar-refractivity contribution is 0.587. The number of hydrogen-bond acceptors (Lipinski definition) is 8. The molecule has 0 aliphatic heterocycles. The third-order valence-corrected chi connectivity index (χ3v) is 3.01. The van der Waals surface area contributed by atoms with Crippen molar-refractivity contribution >= 4 is 33.3 Å². The molecule has 0 radical (unpaired) electrons. The Morgan fingerprint density at radius 2 is 1.14 bits per heavy atom. The van der Waals surface area contributed by atoms with Crippen LogP contribution in [0, 0.1) is 45.3 Å². The fourth-order valence-electron chi connectivity index (χ4n) is 2.16. The zero-order valence-electron chi connectivity index (χ0n) is 10.7. The summed E-state index contributed by atoms with van der Waals surface area (Å²) in [5.74, 6) is 0. The first kappa shape index (κ1) is 12.9. The largest absolute Gasteiger partial charge is 0.443 e. The van der Waals surface area contributed by atoms with E-state index in [2.05, 4.69) is 9.97 Å². The van der Waals surface area contributed by atoms with Crippen molar-refractivity contribution < 1.29 is 8.83 Å². The lowest BCUT2D eigenvalue weighted by Crippen LogP contribution is -2.17. The summed E-state index contributed by atoms with van der Waals surface area (Å²) in [7, 11) is 0. The van der Waals surface area contributed by atoms with Crippen LogP contribution in [0.4, 0.5) is 0 Å². The molecule has 8 heteroatoms. The van der Waals surface area contributed by atoms with Gasteiger partial charge in [0.15, 0.2) is 24.0 Å². The van der Waals surface area contributed by atoms with Gasteiger partial charge in [-0.25, -0.2) is 9.97 Å². The first-order valence-electron chi connectivity index (χ1n) is 5.74. The first-order valence-corrected chi connectivity index (χ1v) is 5.74. The van der Waals surface area contributed by atoms with Crippen LogP contribution in [0.5, 0.6) is 0 Å². The summed E-state index contributed by atoms with van der Waals surface area (Å²) in [6.45, 7) is 0. The Morgan fingerprint density at radius 1 is 0.727 bits per heavy atom. The third kappa shape index (κ3) is 1.53. The van der Waals surface area contributed by atoms with Crippen molar-refractivity contribution in [2.24, 2.45) is 0 Å². The summed E-state index contributed by atoms with van der Waals surface area (Å²) < 4.78 is 10.5. The van der Waals surface area contributed by atoms with Gasteiger partial charge in [0.2, 0.25) is 0 Å². The molecule has 0 aliphatic rings. The molecule has 0 saturated heterocycles. The molecule has 3 rings (SSSR count). The van der Waals surface area contributed by atoms with Crippen LogP contribution in [0.25, 0.3) is 33.3 Å². The Morgan fingerprint density at radius 3 is 1.55 bits per heavy atom. The zero-order valence-corrected chi connectivity index (χ0v) is 10.7. The molecule has 8 nitrogen and oxygen atoms in total. The maximum atomic E-state index is 9.11. The molecule has 1 aromatic carbocycles. The SMILES string of the molecule is N#CC(C#N)=c1c2ncoc2c(=C(C#N)C#N)c2ocnc12. The third-order valence-electron chi connectivity index (χ3n) is 3.01. The summed E-state index contributed by atoms with van der Waals surface area (Å²) in [4.78, 5) is 7.95. The van der Waals surface area contributed by atoms with Crippen molar-refractivity contribution in [3.8, 4) is 24.3 Å². The van der Waals surface area contributed by atoms with E-state index in [4.69, 9.17) is 29.9 Å². The summed E-state index contributed by atoms with van der Waals surface area (Å²) in [6.07, 6.45) is 2.19. The van der Waals surface area contributed by atoms with E-state index < -0.39 is 0 Å². The van der Waals surface area contributed by atoms with Crippen LogP contribution in [0.2, 0.25) is 0 Å². The highest BCUT2D eigenvalue weighted by atomic mass is 16.3. The highest BCUT2D eigenvalue weighted by Crippen LogP contribution is 2.14. The molecule has 0 atom stereocenters. The number of aromatic nitrogens is 2. The van der Waals surface area contributed by atoms with Gasteiger partial charge in [-0.3, -0.25) is 0 Å². The van der Waals surface area contributed by atoms with Crippen LogP contribution in [0.3, 0.4) is 0 Å². The molecular formula is C14H2N6O2. The van der Waals surface area contributed by atoms with E-state index in [-0.39, 0.29) is 43.8 Å². The van der Waals surface area contributed by atoms with E-state index >= 15 is 0 Å². The Hall–Kier alpha value is -4.14. The smallest absolute Gasteiger partial charge is 0.182 e. The van der Waals surface area contributed by atoms with Crippen LogP contribution in [-0.2, 0) is 0 Å². The number of oxazole rings is 2. The molecule has 0 bridgehead atoms. The summed E-state index contributed by atoms with van der Waals surface area (Å²) in [5, 5.41) is 36.7. The molecule has 2 aromatic heterocycles. The van der Waals surface area contributed by atoms with E-state index in [9.17, 15) is 0 Å². The Bertz CT molecular complexity index is 1030. The Kier molecular flexibility index (Phi) is 2.78. The van der Waals surface area contributed by atoms with Crippen LogP contribution in [0.1, 0.15) is 0 Å². The summed E-state index contributed by atoms with van der Waals surface area (Å²) in [5.41, 5.74) is 0.0287. The predicted molar refractivity (Wildman–Crippen MR) is 70.1 cm³/mol. The van der Waals surface area contributed by atoms with E-state index in [1.807, 2.05) is 0 Å². The van der Waals surface area contributed by atoms with Gasteiger partial charge in [0.05, 0.1) is 10.4 Å². The quantitative estimate of drug-likeness (QED) is 0.575. The van der Waals surface area contributed by atoms with Gasteiger partial charge < -0.3 is 8.83 Å². The minimum atomic E-state index is -0.245. The number of nitriles is 4. The molecule has 0 aliphatic carbocycles. The first-order chi connectivity index (χ1) is 10.8. The Labute approximate surface area is 121 Å². The Balaban J connectivity index is 2.89. The molecule has 0 amide bonds. The molecule has 0 spiro atoms. The second kappa shape index (κ2) is 4.76. The van der Waals surface area contributed by atoms with Crippen LogP contribution in [0.15, 0.2) is 21.6 Å².